The van der Waals surface area contributed by atoms with Crippen LogP contribution < -0.4 is 4.90 Å². The second kappa shape index (κ2) is 11.5. The maximum Gasteiger partial charge on any atom is 0.414 e. The lowest BCUT2D eigenvalue weighted by molar-refractivity contribution is 0.0981. The number of hydrogen-bond donors (Lipinski definition) is 0. The fraction of sp³-hybridized carbons (Fsp3) is 0.172. The summed E-state index contributed by atoms with van der Waals surface area (Å²) in [5.74, 6) is -0.262. The van der Waals surface area contributed by atoms with Crippen LogP contribution in [0.1, 0.15) is 34.2 Å². The maximum atomic E-state index is 14.0. The van der Waals surface area contributed by atoms with Crippen molar-refractivity contribution >= 4 is 52.8 Å². The summed E-state index contributed by atoms with van der Waals surface area (Å²) in [6.07, 6.45) is 3.06. The van der Waals surface area contributed by atoms with Crippen LogP contribution in [0.3, 0.4) is 0 Å². The highest BCUT2D eigenvalue weighted by Gasteiger charge is 2.36. The van der Waals surface area contributed by atoms with Crippen LogP contribution in [0.15, 0.2) is 66.9 Å². The first-order valence-corrected chi connectivity index (χ1v) is 13.2. The fourth-order valence-corrected chi connectivity index (χ4v) is 5.12. The van der Waals surface area contributed by atoms with Crippen molar-refractivity contribution in [2.75, 3.05) is 25.1 Å². The molecule has 8 nitrogen and oxygen atoms in total. The molecule has 11 heteroatoms. The Morgan fingerprint density at radius 1 is 1.12 bits per heavy atom. The Morgan fingerprint density at radius 2 is 1.90 bits per heavy atom. The minimum absolute atomic E-state index is 0.197. The Balaban J connectivity index is 1.77. The number of aromatic nitrogens is 3. The molecule has 0 fully saturated rings. The normalized spacial score (nSPS) is 13.7. The minimum atomic E-state index is -0.592. The average Bonchev–Trinajstić information content (AvgIpc) is 3.35. The van der Waals surface area contributed by atoms with Gasteiger partial charge in [-0.15, -0.1) is 0 Å². The number of rotatable bonds is 5. The summed E-state index contributed by atoms with van der Waals surface area (Å²) in [5.41, 5.74) is 2.80. The summed E-state index contributed by atoms with van der Waals surface area (Å²) in [7, 11) is 1.29. The molecule has 0 unspecified atom stereocenters. The van der Waals surface area contributed by atoms with E-state index in [1.165, 1.54) is 33.7 Å². The van der Waals surface area contributed by atoms with Gasteiger partial charge in [-0.05, 0) is 67.4 Å². The average molecular weight is 580 g/mol. The number of ether oxygens (including phenoxy) is 1. The Hall–Kier alpha value is -4.21. The quantitative estimate of drug-likeness (QED) is 0.269. The van der Waals surface area contributed by atoms with E-state index in [0.717, 1.165) is 0 Å². The SMILES string of the molecule is CCN(C(=O)c1nn(-c2ccc(Cl)cc2Cl)c2c1CCN(C(=O)OC)C2=Cc1ccc(F)cc1)c1ccccn1. The number of pyridine rings is 1. The first-order valence-electron chi connectivity index (χ1n) is 12.5. The van der Waals surface area contributed by atoms with Gasteiger partial charge in [-0.25, -0.2) is 18.9 Å². The molecule has 4 aromatic rings. The van der Waals surface area contributed by atoms with Gasteiger partial charge in [0.05, 0.1) is 29.2 Å². The second-order valence-corrected chi connectivity index (χ2v) is 9.72. The van der Waals surface area contributed by atoms with E-state index in [2.05, 4.69) is 4.98 Å². The zero-order valence-corrected chi connectivity index (χ0v) is 23.2. The number of methoxy groups -OCH3 is 1. The van der Waals surface area contributed by atoms with E-state index in [9.17, 15) is 14.0 Å². The fourth-order valence-electron chi connectivity index (χ4n) is 4.64. The van der Waals surface area contributed by atoms with Gasteiger partial charge >= 0.3 is 6.09 Å². The van der Waals surface area contributed by atoms with E-state index in [4.69, 9.17) is 33.0 Å². The van der Waals surface area contributed by atoms with Crippen molar-refractivity contribution in [3.63, 3.8) is 0 Å². The molecular weight excluding hydrogens is 556 g/mol. The van der Waals surface area contributed by atoms with E-state index in [1.807, 2.05) is 6.92 Å². The number of hydrogen-bond acceptors (Lipinski definition) is 5. The highest BCUT2D eigenvalue weighted by atomic mass is 35.5. The van der Waals surface area contributed by atoms with Crippen LogP contribution >= 0.6 is 23.2 Å². The molecule has 5 rings (SSSR count). The van der Waals surface area contributed by atoms with Crippen LogP contribution in [-0.2, 0) is 11.2 Å². The first kappa shape index (κ1) is 27.4. The van der Waals surface area contributed by atoms with Crippen LogP contribution in [0.25, 0.3) is 17.5 Å². The molecule has 1 aliphatic heterocycles. The van der Waals surface area contributed by atoms with Crippen LogP contribution in [-0.4, -0.2) is 51.9 Å². The molecule has 0 saturated heterocycles. The van der Waals surface area contributed by atoms with Crippen LogP contribution in [0.2, 0.25) is 10.0 Å². The zero-order valence-electron chi connectivity index (χ0n) is 21.6. The number of benzene rings is 2. The minimum Gasteiger partial charge on any atom is -0.452 e. The third kappa shape index (κ3) is 5.17. The third-order valence-corrected chi connectivity index (χ3v) is 7.04. The number of carbonyl (C=O) groups excluding carboxylic acids is 2. The smallest absolute Gasteiger partial charge is 0.414 e. The number of amides is 2. The maximum absolute atomic E-state index is 14.0. The summed E-state index contributed by atoms with van der Waals surface area (Å²) in [6.45, 7) is 2.43. The predicted molar refractivity (Wildman–Crippen MR) is 152 cm³/mol. The topological polar surface area (TPSA) is 80.6 Å². The molecule has 0 bridgehead atoms. The van der Waals surface area contributed by atoms with Crippen molar-refractivity contribution in [3.05, 3.63) is 105 Å². The van der Waals surface area contributed by atoms with Crippen molar-refractivity contribution in [1.29, 1.82) is 0 Å². The second-order valence-electron chi connectivity index (χ2n) is 8.87. The van der Waals surface area contributed by atoms with E-state index >= 15 is 0 Å². The summed E-state index contributed by atoms with van der Waals surface area (Å²) < 4.78 is 20.3. The first-order chi connectivity index (χ1) is 19.3. The lowest BCUT2D eigenvalue weighted by atomic mass is 9.99. The molecule has 0 saturated carbocycles. The lowest BCUT2D eigenvalue weighted by Gasteiger charge is -2.30. The van der Waals surface area contributed by atoms with Crippen molar-refractivity contribution in [2.45, 2.75) is 13.3 Å². The van der Waals surface area contributed by atoms with Crippen LogP contribution in [0.4, 0.5) is 15.0 Å². The largest absolute Gasteiger partial charge is 0.452 e. The number of halogens is 3. The Kier molecular flexibility index (Phi) is 7.86. The zero-order chi connectivity index (χ0) is 28.4. The molecule has 2 amide bonds. The lowest BCUT2D eigenvalue weighted by Crippen LogP contribution is -2.36. The molecule has 3 heterocycles. The number of anilines is 1. The molecule has 0 spiro atoms. The molecule has 2 aromatic heterocycles. The molecule has 1 aliphatic rings. The Bertz CT molecular complexity index is 1610. The van der Waals surface area contributed by atoms with Gasteiger partial charge in [-0.2, -0.15) is 5.10 Å². The molecule has 0 aliphatic carbocycles. The van der Waals surface area contributed by atoms with Gasteiger partial charge in [-0.1, -0.05) is 41.4 Å². The summed E-state index contributed by atoms with van der Waals surface area (Å²) in [4.78, 5) is 34.2. The summed E-state index contributed by atoms with van der Waals surface area (Å²) in [6, 6.07) is 16.1. The van der Waals surface area contributed by atoms with Crippen LogP contribution in [0, 0.1) is 5.82 Å². The molecule has 40 heavy (non-hydrogen) atoms. The number of fused-ring (bicyclic) bond motifs is 1. The van der Waals surface area contributed by atoms with Crippen LogP contribution in [0.5, 0.6) is 0 Å². The molecular formula is C29H24Cl2FN5O3. The molecule has 0 N–H and O–H groups in total. The standard InChI is InChI=1S/C29H24Cl2FN5O3/c1-3-35(25-6-4-5-14-33-25)28(38)26-21-13-15-36(29(39)40-2)24(16-18-7-10-20(32)11-8-18)27(21)37(34-26)23-12-9-19(30)17-22(23)31/h4-12,14,16-17H,3,13,15H2,1-2H3. The van der Waals surface area contributed by atoms with Crippen molar-refractivity contribution in [3.8, 4) is 5.69 Å². The van der Waals surface area contributed by atoms with E-state index in [0.29, 0.717) is 57.0 Å². The number of carbonyl (C=O) groups is 2. The van der Waals surface area contributed by atoms with Gasteiger partial charge < -0.3 is 4.74 Å². The van der Waals surface area contributed by atoms with Gasteiger partial charge in [0.15, 0.2) is 5.69 Å². The van der Waals surface area contributed by atoms with Gasteiger partial charge in [0.25, 0.3) is 5.91 Å². The van der Waals surface area contributed by atoms with Gasteiger partial charge in [-0.3, -0.25) is 14.6 Å². The van der Waals surface area contributed by atoms with Gasteiger partial charge in [0, 0.05) is 29.9 Å². The van der Waals surface area contributed by atoms with E-state index < -0.39 is 11.9 Å². The van der Waals surface area contributed by atoms with Crippen molar-refractivity contribution < 1.29 is 18.7 Å². The Morgan fingerprint density at radius 3 is 2.55 bits per heavy atom. The van der Waals surface area contributed by atoms with E-state index in [-0.39, 0.29) is 18.1 Å². The number of nitrogens with zero attached hydrogens (tertiary/aromatic N) is 5. The Labute approximate surface area is 240 Å². The third-order valence-electron chi connectivity index (χ3n) is 6.50. The van der Waals surface area contributed by atoms with Gasteiger partial charge in [0.1, 0.15) is 11.6 Å². The van der Waals surface area contributed by atoms with E-state index in [1.54, 1.807) is 60.8 Å². The van der Waals surface area contributed by atoms with Gasteiger partial charge in [0.2, 0.25) is 0 Å². The summed E-state index contributed by atoms with van der Waals surface area (Å²) >= 11 is 12.8. The molecule has 0 radical (unpaired) electrons. The van der Waals surface area contributed by atoms with Crippen molar-refractivity contribution in [2.24, 2.45) is 0 Å². The predicted octanol–water partition coefficient (Wildman–Crippen LogP) is 6.50. The molecule has 0 atom stereocenters. The summed E-state index contributed by atoms with van der Waals surface area (Å²) in [5, 5.41) is 5.49. The van der Waals surface area contributed by atoms with Crippen molar-refractivity contribution in [1.82, 2.24) is 19.7 Å². The highest BCUT2D eigenvalue weighted by molar-refractivity contribution is 6.35. The molecule has 204 valence electrons. The monoisotopic (exact) mass is 579 g/mol. The highest BCUT2D eigenvalue weighted by Crippen LogP contribution is 2.37. The molecule has 2 aromatic carbocycles.